The van der Waals surface area contributed by atoms with Gasteiger partial charge in [0.2, 0.25) is 0 Å². The Hall–Kier alpha value is -0.850. The van der Waals surface area contributed by atoms with Crippen LogP contribution in [0.5, 0.6) is 5.75 Å². The fraction of sp³-hybridized carbons (Fsp3) is 0.455. The standard InChI is InChI=1S/C11H14F2O3S/c12-11(13)16-8-3-1-7(2-4-8)10(15)9(14)5-6-17/h1-4,9-11,14-15,17H,5-6H2. The molecule has 17 heavy (non-hydrogen) atoms. The lowest BCUT2D eigenvalue weighted by atomic mass is 10.0. The number of alkyl halides is 2. The number of aliphatic hydroxyl groups excluding tert-OH is 2. The van der Waals surface area contributed by atoms with Crippen molar-refractivity contribution in [3.63, 3.8) is 0 Å². The van der Waals surface area contributed by atoms with Crippen molar-refractivity contribution in [3.8, 4) is 5.75 Å². The average Bonchev–Trinajstić information content (AvgIpc) is 2.28. The van der Waals surface area contributed by atoms with Crippen molar-refractivity contribution < 1.29 is 23.7 Å². The SMILES string of the molecule is OC(CCS)C(O)c1ccc(OC(F)F)cc1. The third-order valence-electron chi connectivity index (χ3n) is 2.24. The maximum absolute atomic E-state index is 11.9. The van der Waals surface area contributed by atoms with Crippen LogP contribution in [0, 0.1) is 0 Å². The Kier molecular flexibility index (Phi) is 5.67. The first-order chi connectivity index (χ1) is 8.04. The van der Waals surface area contributed by atoms with Gasteiger partial charge in [-0.1, -0.05) is 12.1 Å². The van der Waals surface area contributed by atoms with E-state index in [4.69, 9.17) is 0 Å². The van der Waals surface area contributed by atoms with E-state index in [1.165, 1.54) is 24.3 Å². The molecule has 1 aromatic rings. The number of ether oxygens (including phenoxy) is 1. The number of hydrogen-bond acceptors (Lipinski definition) is 4. The lowest BCUT2D eigenvalue weighted by molar-refractivity contribution is -0.0499. The molecule has 2 atom stereocenters. The fourth-order valence-corrected chi connectivity index (χ4v) is 1.62. The van der Waals surface area contributed by atoms with Crippen LogP contribution in [0.25, 0.3) is 0 Å². The van der Waals surface area contributed by atoms with E-state index in [2.05, 4.69) is 17.4 Å². The molecular formula is C11H14F2O3S. The van der Waals surface area contributed by atoms with Gasteiger partial charge >= 0.3 is 6.61 Å². The lowest BCUT2D eigenvalue weighted by Crippen LogP contribution is -2.18. The zero-order valence-corrected chi connectivity index (χ0v) is 9.86. The van der Waals surface area contributed by atoms with E-state index < -0.39 is 18.8 Å². The summed E-state index contributed by atoms with van der Waals surface area (Å²) in [5.41, 5.74) is 0.445. The Bertz CT molecular complexity index is 332. The van der Waals surface area contributed by atoms with Crippen LogP contribution in [0.1, 0.15) is 18.1 Å². The van der Waals surface area contributed by atoms with Gasteiger partial charge < -0.3 is 14.9 Å². The van der Waals surface area contributed by atoms with Gasteiger partial charge in [0, 0.05) is 0 Å². The topological polar surface area (TPSA) is 49.7 Å². The van der Waals surface area contributed by atoms with E-state index >= 15 is 0 Å². The van der Waals surface area contributed by atoms with E-state index in [9.17, 15) is 19.0 Å². The molecule has 3 nitrogen and oxygen atoms in total. The fourth-order valence-electron chi connectivity index (χ4n) is 1.36. The molecule has 0 bridgehead atoms. The van der Waals surface area contributed by atoms with Crippen LogP contribution >= 0.6 is 12.6 Å². The average molecular weight is 264 g/mol. The molecule has 1 rings (SSSR count). The molecule has 0 fully saturated rings. The molecule has 2 N–H and O–H groups in total. The Morgan fingerprint density at radius 2 is 1.76 bits per heavy atom. The minimum atomic E-state index is -2.87. The molecular weight excluding hydrogens is 250 g/mol. The van der Waals surface area contributed by atoms with Crippen LogP contribution in [0.4, 0.5) is 8.78 Å². The highest BCUT2D eigenvalue weighted by Crippen LogP contribution is 2.22. The van der Waals surface area contributed by atoms with Gasteiger partial charge in [0.25, 0.3) is 0 Å². The van der Waals surface area contributed by atoms with Crippen LogP contribution < -0.4 is 4.74 Å². The molecule has 0 radical (unpaired) electrons. The third kappa shape index (κ3) is 4.49. The summed E-state index contributed by atoms with van der Waals surface area (Å²) in [7, 11) is 0. The second kappa shape index (κ2) is 6.78. The molecule has 2 unspecified atom stereocenters. The van der Waals surface area contributed by atoms with Crippen LogP contribution in [0.3, 0.4) is 0 Å². The minimum Gasteiger partial charge on any atom is -0.435 e. The molecule has 0 aliphatic heterocycles. The van der Waals surface area contributed by atoms with Gasteiger partial charge in [0.1, 0.15) is 11.9 Å². The Balaban J connectivity index is 2.66. The summed E-state index contributed by atoms with van der Waals surface area (Å²) >= 11 is 3.95. The zero-order chi connectivity index (χ0) is 12.8. The van der Waals surface area contributed by atoms with Crippen molar-refractivity contribution in [1.82, 2.24) is 0 Å². The molecule has 0 amide bonds. The highest BCUT2D eigenvalue weighted by molar-refractivity contribution is 7.80. The molecule has 0 saturated heterocycles. The van der Waals surface area contributed by atoms with Crippen molar-refractivity contribution in [2.45, 2.75) is 25.2 Å². The Morgan fingerprint density at radius 3 is 2.24 bits per heavy atom. The van der Waals surface area contributed by atoms with Crippen LogP contribution in [-0.4, -0.2) is 28.7 Å². The molecule has 0 aliphatic carbocycles. The first-order valence-corrected chi connectivity index (χ1v) is 5.69. The van der Waals surface area contributed by atoms with E-state index in [1.807, 2.05) is 0 Å². The van der Waals surface area contributed by atoms with Gasteiger partial charge in [-0.15, -0.1) is 0 Å². The van der Waals surface area contributed by atoms with E-state index in [1.54, 1.807) is 0 Å². The van der Waals surface area contributed by atoms with Crippen molar-refractivity contribution >= 4 is 12.6 Å². The zero-order valence-electron chi connectivity index (χ0n) is 8.96. The number of hydrogen-bond donors (Lipinski definition) is 3. The smallest absolute Gasteiger partial charge is 0.387 e. The van der Waals surface area contributed by atoms with Crippen molar-refractivity contribution in [1.29, 1.82) is 0 Å². The quantitative estimate of drug-likeness (QED) is 0.689. The third-order valence-corrected chi connectivity index (χ3v) is 2.49. The van der Waals surface area contributed by atoms with Gasteiger partial charge in [-0.25, -0.2) is 0 Å². The van der Waals surface area contributed by atoms with E-state index in [0.29, 0.717) is 17.7 Å². The first kappa shape index (κ1) is 14.2. The number of halogens is 2. The monoisotopic (exact) mass is 264 g/mol. The van der Waals surface area contributed by atoms with Gasteiger partial charge in [0.15, 0.2) is 0 Å². The van der Waals surface area contributed by atoms with Crippen molar-refractivity contribution in [2.75, 3.05) is 5.75 Å². The van der Waals surface area contributed by atoms with Crippen molar-refractivity contribution in [3.05, 3.63) is 29.8 Å². The number of aliphatic hydroxyl groups is 2. The van der Waals surface area contributed by atoms with Crippen LogP contribution in [0.15, 0.2) is 24.3 Å². The molecule has 0 aromatic heterocycles. The summed E-state index contributed by atoms with van der Waals surface area (Å²) in [6, 6.07) is 5.50. The number of rotatable bonds is 6. The summed E-state index contributed by atoms with van der Waals surface area (Å²) in [6.07, 6.45) is -1.63. The van der Waals surface area contributed by atoms with Crippen LogP contribution in [0.2, 0.25) is 0 Å². The summed E-state index contributed by atoms with van der Waals surface area (Å²) in [5, 5.41) is 19.3. The molecule has 96 valence electrons. The molecule has 0 heterocycles. The second-order valence-electron chi connectivity index (χ2n) is 3.47. The summed E-state index contributed by atoms with van der Waals surface area (Å²) in [6.45, 7) is -2.87. The number of benzene rings is 1. The summed E-state index contributed by atoms with van der Waals surface area (Å²) in [5.74, 6) is 0.463. The van der Waals surface area contributed by atoms with Crippen LogP contribution in [-0.2, 0) is 0 Å². The Labute approximate surface area is 103 Å². The van der Waals surface area contributed by atoms with E-state index in [-0.39, 0.29) is 5.75 Å². The van der Waals surface area contributed by atoms with Gasteiger partial charge in [-0.05, 0) is 29.9 Å². The largest absolute Gasteiger partial charge is 0.435 e. The molecule has 0 aliphatic rings. The van der Waals surface area contributed by atoms with Gasteiger partial charge in [-0.2, -0.15) is 21.4 Å². The summed E-state index contributed by atoms with van der Waals surface area (Å²) < 4.78 is 27.9. The molecule has 0 saturated carbocycles. The summed E-state index contributed by atoms with van der Waals surface area (Å²) in [4.78, 5) is 0. The highest BCUT2D eigenvalue weighted by atomic mass is 32.1. The molecule has 0 spiro atoms. The maximum atomic E-state index is 11.9. The molecule has 1 aromatic carbocycles. The Morgan fingerprint density at radius 1 is 1.18 bits per heavy atom. The molecule has 6 heteroatoms. The van der Waals surface area contributed by atoms with Crippen molar-refractivity contribution in [2.24, 2.45) is 0 Å². The highest BCUT2D eigenvalue weighted by Gasteiger charge is 2.17. The minimum absolute atomic E-state index is 0.0136. The normalized spacial score (nSPS) is 14.7. The van der Waals surface area contributed by atoms with Gasteiger partial charge in [0.05, 0.1) is 6.10 Å². The van der Waals surface area contributed by atoms with E-state index in [0.717, 1.165) is 0 Å². The predicted molar refractivity (Wildman–Crippen MR) is 62.5 cm³/mol. The maximum Gasteiger partial charge on any atom is 0.387 e. The van der Waals surface area contributed by atoms with Gasteiger partial charge in [-0.3, -0.25) is 0 Å². The predicted octanol–water partition coefficient (Wildman–Crippen LogP) is 2.00. The first-order valence-electron chi connectivity index (χ1n) is 5.06. The number of thiol groups is 1. The second-order valence-corrected chi connectivity index (χ2v) is 3.92. The lowest BCUT2D eigenvalue weighted by Gasteiger charge is -2.17.